The van der Waals surface area contributed by atoms with Gasteiger partial charge in [-0.1, -0.05) is 6.07 Å². The minimum Gasteiger partial charge on any atom is -0.508 e. The molecule has 1 aliphatic heterocycles. The van der Waals surface area contributed by atoms with Crippen LogP contribution in [0.4, 0.5) is 0 Å². The first-order valence-electron chi connectivity index (χ1n) is 6.15. The Hall–Kier alpha value is -3.20. The number of fused-ring (bicyclic) bond motifs is 1. The summed E-state index contributed by atoms with van der Waals surface area (Å²) in [5, 5.41) is 29.0. The number of phenols is 2. The van der Waals surface area contributed by atoms with Gasteiger partial charge in [0.2, 0.25) is 5.88 Å². The fourth-order valence-corrected chi connectivity index (χ4v) is 2.43. The second kappa shape index (κ2) is 4.72. The van der Waals surface area contributed by atoms with E-state index in [-0.39, 0.29) is 28.7 Å². The van der Waals surface area contributed by atoms with Crippen LogP contribution in [0.25, 0.3) is 0 Å². The molecule has 2 aromatic rings. The number of ether oxygens (including phenoxy) is 1. The van der Waals surface area contributed by atoms with Crippen molar-refractivity contribution in [1.82, 2.24) is 4.98 Å². The Morgan fingerprint density at radius 1 is 1.33 bits per heavy atom. The molecule has 6 nitrogen and oxygen atoms in total. The Bertz CT molecular complexity index is 779. The molecule has 0 spiro atoms. The minimum absolute atomic E-state index is 0.0520. The highest BCUT2D eigenvalue weighted by Gasteiger charge is 2.33. The molecule has 0 saturated heterocycles. The standard InChI is InChI=1S/C15H11N3O3/c16-6-10-13(8-2-1-3-18-7-8)14-11(20)4-9(19)5-12(14)21-15(10)17/h1-5,7,13,19-20H,17H2/t13-/m0/s1. The molecule has 2 heterocycles. The molecule has 0 fully saturated rings. The van der Waals surface area contributed by atoms with Crippen molar-refractivity contribution >= 4 is 0 Å². The van der Waals surface area contributed by atoms with Gasteiger partial charge in [0.25, 0.3) is 0 Å². The summed E-state index contributed by atoms with van der Waals surface area (Å²) < 4.78 is 5.34. The highest BCUT2D eigenvalue weighted by Crippen LogP contribution is 2.47. The largest absolute Gasteiger partial charge is 0.508 e. The molecule has 0 saturated carbocycles. The molecular weight excluding hydrogens is 270 g/mol. The number of nitrogens with zero attached hydrogens (tertiary/aromatic N) is 2. The zero-order chi connectivity index (χ0) is 15.0. The molecular formula is C15H11N3O3. The minimum atomic E-state index is -0.590. The molecule has 1 aromatic carbocycles. The van der Waals surface area contributed by atoms with E-state index in [0.717, 1.165) is 0 Å². The van der Waals surface area contributed by atoms with Crippen LogP contribution in [0.2, 0.25) is 0 Å². The molecule has 3 rings (SSSR count). The number of rotatable bonds is 1. The summed E-state index contributed by atoms with van der Waals surface area (Å²) in [4.78, 5) is 4.03. The molecule has 6 heteroatoms. The van der Waals surface area contributed by atoms with E-state index >= 15 is 0 Å². The summed E-state index contributed by atoms with van der Waals surface area (Å²) in [6.45, 7) is 0. The van der Waals surface area contributed by atoms with Gasteiger partial charge in [-0.3, -0.25) is 4.98 Å². The number of hydrogen-bond donors (Lipinski definition) is 3. The number of aromatic nitrogens is 1. The van der Waals surface area contributed by atoms with Gasteiger partial charge >= 0.3 is 0 Å². The first-order valence-corrected chi connectivity index (χ1v) is 6.15. The quantitative estimate of drug-likeness (QED) is 0.733. The van der Waals surface area contributed by atoms with E-state index in [9.17, 15) is 15.5 Å². The summed E-state index contributed by atoms with van der Waals surface area (Å²) >= 11 is 0. The topological polar surface area (TPSA) is 112 Å². The summed E-state index contributed by atoms with van der Waals surface area (Å²) in [6.07, 6.45) is 3.20. The molecule has 21 heavy (non-hydrogen) atoms. The van der Waals surface area contributed by atoms with Crippen molar-refractivity contribution in [3.05, 3.63) is 59.2 Å². The van der Waals surface area contributed by atoms with Crippen LogP contribution in [0.5, 0.6) is 17.2 Å². The van der Waals surface area contributed by atoms with E-state index in [2.05, 4.69) is 4.98 Å². The van der Waals surface area contributed by atoms with E-state index in [1.807, 2.05) is 6.07 Å². The number of aromatic hydroxyl groups is 2. The van der Waals surface area contributed by atoms with Gasteiger partial charge in [-0.25, -0.2) is 0 Å². The maximum Gasteiger partial charge on any atom is 0.205 e. The van der Waals surface area contributed by atoms with Crippen molar-refractivity contribution < 1.29 is 14.9 Å². The van der Waals surface area contributed by atoms with Gasteiger partial charge < -0.3 is 20.7 Å². The van der Waals surface area contributed by atoms with Crippen molar-refractivity contribution in [3.8, 4) is 23.3 Å². The Morgan fingerprint density at radius 3 is 2.81 bits per heavy atom. The van der Waals surface area contributed by atoms with Gasteiger partial charge in [-0.05, 0) is 11.6 Å². The maximum atomic E-state index is 10.1. The van der Waals surface area contributed by atoms with E-state index in [0.29, 0.717) is 11.1 Å². The predicted octanol–water partition coefficient (Wildman–Crippen LogP) is 1.71. The lowest BCUT2D eigenvalue weighted by Gasteiger charge is -2.26. The predicted molar refractivity (Wildman–Crippen MR) is 73.3 cm³/mol. The Balaban J connectivity index is 2.29. The lowest BCUT2D eigenvalue weighted by Crippen LogP contribution is -2.21. The summed E-state index contributed by atoms with van der Waals surface area (Å²) in [5.74, 6) is -0.738. The second-order valence-electron chi connectivity index (χ2n) is 4.59. The van der Waals surface area contributed by atoms with Crippen LogP contribution in [0.15, 0.2) is 48.1 Å². The number of pyridine rings is 1. The highest BCUT2D eigenvalue weighted by molar-refractivity contribution is 5.61. The summed E-state index contributed by atoms with van der Waals surface area (Å²) in [7, 11) is 0. The molecule has 1 atom stereocenters. The number of benzene rings is 1. The van der Waals surface area contributed by atoms with Crippen molar-refractivity contribution in [2.45, 2.75) is 5.92 Å². The first-order chi connectivity index (χ1) is 10.1. The second-order valence-corrected chi connectivity index (χ2v) is 4.59. The fraction of sp³-hybridized carbons (Fsp3) is 0.0667. The van der Waals surface area contributed by atoms with Gasteiger partial charge in [-0.2, -0.15) is 5.26 Å². The molecule has 0 radical (unpaired) electrons. The van der Waals surface area contributed by atoms with Crippen LogP contribution in [-0.2, 0) is 0 Å². The molecule has 4 N–H and O–H groups in total. The van der Waals surface area contributed by atoms with Gasteiger partial charge in [0.15, 0.2) is 0 Å². The molecule has 0 unspecified atom stereocenters. The van der Waals surface area contributed by atoms with Gasteiger partial charge in [0, 0.05) is 30.1 Å². The SMILES string of the molecule is N#CC1=C(N)Oc2cc(O)cc(O)c2[C@H]1c1cccnc1. The Labute approximate surface area is 120 Å². The van der Waals surface area contributed by atoms with Crippen molar-refractivity contribution in [2.24, 2.45) is 5.73 Å². The maximum absolute atomic E-state index is 10.1. The molecule has 0 amide bonds. The smallest absolute Gasteiger partial charge is 0.205 e. The zero-order valence-electron chi connectivity index (χ0n) is 10.8. The lowest BCUT2D eigenvalue weighted by atomic mass is 9.83. The monoisotopic (exact) mass is 281 g/mol. The Kier molecular flexibility index (Phi) is 2.88. The number of allylic oxidation sites excluding steroid dienone is 1. The van der Waals surface area contributed by atoms with Gasteiger partial charge in [-0.15, -0.1) is 0 Å². The van der Waals surface area contributed by atoms with Crippen LogP contribution >= 0.6 is 0 Å². The van der Waals surface area contributed by atoms with Crippen molar-refractivity contribution in [3.63, 3.8) is 0 Å². The summed E-state index contributed by atoms with van der Waals surface area (Å²) in [6, 6.07) is 8.07. The number of phenolic OH excluding ortho intramolecular Hbond substituents is 2. The van der Waals surface area contributed by atoms with Crippen LogP contribution in [0.3, 0.4) is 0 Å². The highest BCUT2D eigenvalue weighted by atomic mass is 16.5. The first kappa shape index (κ1) is 12.8. The van der Waals surface area contributed by atoms with Crippen molar-refractivity contribution in [2.75, 3.05) is 0 Å². The zero-order valence-corrected chi connectivity index (χ0v) is 10.8. The van der Waals surface area contributed by atoms with E-state index in [1.165, 1.54) is 12.1 Å². The van der Waals surface area contributed by atoms with Crippen LogP contribution in [0.1, 0.15) is 17.0 Å². The van der Waals surface area contributed by atoms with E-state index in [4.69, 9.17) is 10.5 Å². The van der Waals surface area contributed by atoms with E-state index in [1.54, 1.807) is 24.5 Å². The Morgan fingerprint density at radius 2 is 2.14 bits per heavy atom. The number of nitriles is 1. The third-order valence-corrected chi connectivity index (χ3v) is 3.31. The van der Waals surface area contributed by atoms with Crippen LogP contribution < -0.4 is 10.5 Å². The summed E-state index contributed by atoms with van der Waals surface area (Å²) in [5.41, 5.74) is 7.05. The van der Waals surface area contributed by atoms with Crippen LogP contribution in [0, 0.1) is 11.3 Å². The molecule has 1 aromatic heterocycles. The fourth-order valence-electron chi connectivity index (χ4n) is 2.43. The van der Waals surface area contributed by atoms with E-state index < -0.39 is 5.92 Å². The average molecular weight is 281 g/mol. The third kappa shape index (κ3) is 2.01. The molecule has 104 valence electrons. The lowest BCUT2D eigenvalue weighted by molar-refractivity contribution is 0.375. The van der Waals surface area contributed by atoms with Gasteiger partial charge in [0.1, 0.15) is 28.9 Å². The molecule has 0 bridgehead atoms. The number of hydrogen-bond acceptors (Lipinski definition) is 6. The molecule has 0 aliphatic carbocycles. The van der Waals surface area contributed by atoms with Crippen molar-refractivity contribution in [1.29, 1.82) is 5.26 Å². The van der Waals surface area contributed by atoms with Gasteiger partial charge in [0.05, 0.1) is 5.92 Å². The third-order valence-electron chi connectivity index (χ3n) is 3.31. The molecule has 1 aliphatic rings. The average Bonchev–Trinajstić information content (AvgIpc) is 2.46. The van der Waals surface area contributed by atoms with Crippen LogP contribution in [-0.4, -0.2) is 15.2 Å². The number of nitrogens with two attached hydrogens (primary N) is 1. The normalized spacial score (nSPS) is 16.8.